The molecule has 130 valence electrons. The predicted octanol–water partition coefficient (Wildman–Crippen LogP) is 3.36. The summed E-state index contributed by atoms with van der Waals surface area (Å²) in [5.74, 6) is -0.187. The molecular formula is C18H17BrFN3O2. The highest BCUT2D eigenvalue weighted by Gasteiger charge is 2.16. The Labute approximate surface area is 153 Å². The number of rotatable bonds is 6. The Morgan fingerprint density at radius 1 is 1.40 bits per heavy atom. The lowest BCUT2D eigenvalue weighted by atomic mass is 10.3. The first kappa shape index (κ1) is 17.4. The maximum absolute atomic E-state index is 13.1. The van der Waals surface area contributed by atoms with Crippen molar-refractivity contribution >= 4 is 27.5 Å². The number of nitrogens with one attached hydrogen (secondary N) is 1. The summed E-state index contributed by atoms with van der Waals surface area (Å²) in [7, 11) is 0. The van der Waals surface area contributed by atoms with E-state index in [1.54, 1.807) is 6.92 Å². The molecule has 1 N–H and O–H groups in total. The topological polar surface area (TPSA) is 55.6 Å². The van der Waals surface area contributed by atoms with Gasteiger partial charge in [-0.05, 0) is 53.2 Å². The van der Waals surface area contributed by atoms with Crippen molar-refractivity contribution in [3.8, 4) is 5.75 Å². The van der Waals surface area contributed by atoms with Crippen LogP contribution in [0.25, 0.3) is 5.65 Å². The number of ether oxygens (including phenoxy) is 1. The highest BCUT2D eigenvalue weighted by Crippen LogP contribution is 2.26. The van der Waals surface area contributed by atoms with E-state index in [1.807, 2.05) is 35.0 Å². The molecule has 5 nitrogen and oxygen atoms in total. The fourth-order valence-corrected chi connectivity index (χ4v) is 2.82. The van der Waals surface area contributed by atoms with Gasteiger partial charge in [-0.1, -0.05) is 6.07 Å². The average Bonchev–Trinajstić information content (AvgIpc) is 3.00. The molecule has 1 amide bonds. The molecule has 2 heterocycles. The Balaban J connectivity index is 1.51. The van der Waals surface area contributed by atoms with Crippen LogP contribution in [0.2, 0.25) is 0 Å². The largest absolute Gasteiger partial charge is 0.480 e. The molecule has 3 rings (SSSR count). The molecule has 0 aliphatic carbocycles. The molecule has 2 aromatic heterocycles. The van der Waals surface area contributed by atoms with E-state index in [0.29, 0.717) is 23.2 Å². The smallest absolute Gasteiger partial charge is 0.260 e. The van der Waals surface area contributed by atoms with Gasteiger partial charge in [-0.2, -0.15) is 0 Å². The molecule has 1 atom stereocenters. The van der Waals surface area contributed by atoms with Crippen molar-refractivity contribution in [1.29, 1.82) is 0 Å². The van der Waals surface area contributed by atoms with Crippen LogP contribution in [0, 0.1) is 5.82 Å². The average molecular weight is 406 g/mol. The number of halogens is 2. The summed E-state index contributed by atoms with van der Waals surface area (Å²) in [5, 5.41) is 2.82. The first-order valence-corrected chi connectivity index (χ1v) is 8.64. The maximum Gasteiger partial charge on any atom is 0.260 e. The van der Waals surface area contributed by atoms with E-state index < -0.39 is 6.10 Å². The van der Waals surface area contributed by atoms with Crippen LogP contribution in [0.15, 0.2) is 53.3 Å². The number of aromatic nitrogens is 2. The number of hydrogen-bond acceptors (Lipinski definition) is 3. The molecular weight excluding hydrogens is 389 g/mol. The highest BCUT2D eigenvalue weighted by molar-refractivity contribution is 9.10. The first-order chi connectivity index (χ1) is 12.0. The highest BCUT2D eigenvalue weighted by atomic mass is 79.9. The zero-order valence-corrected chi connectivity index (χ0v) is 15.2. The normalized spacial score (nSPS) is 12.1. The predicted molar refractivity (Wildman–Crippen MR) is 96.1 cm³/mol. The van der Waals surface area contributed by atoms with Gasteiger partial charge < -0.3 is 14.5 Å². The Kier molecular flexibility index (Phi) is 5.33. The van der Waals surface area contributed by atoms with E-state index in [4.69, 9.17) is 4.74 Å². The minimum absolute atomic E-state index is 0.236. The molecule has 0 fully saturated rings. The lowest BCUT2D eigenvalue weighted by Crippen LogP contribution is -2.37. The summed E-state index contributed by atoms with van der Waals surface area (Å²) < 4.78 is 21.1. The number of carbonyl (C=O) groups is 1. The number of carbonyl (C=O) groups excluding carboxylic acids is 1. The Bertz CT molecular complexity index is 864. The van der Waals surface area contributed by atoms with Crippen molar-refractivity contribution < 1.29 is 13.9 Å². The molecule has 0 aliphatic heterocycles. The second-order valence-corrected chi connectivity index (χ2v) is 6.43. The van der Waals surface area contributed by atoms with Gasteiger partial charge >= 0.3 is 0 Å². The van der Waals surface area contributed by atoms with Crippen LogP contribution in [0.5, 0.6) is 5.75 Å². The fraction of sp³-hybridized carbons (Fsp3) is 0.222. The second kappa shape index (κ2) is 7.65. The minimum atomic E-state index is -0.692. The molecule has 0 radical (unpaired) electrons. The molecule has 0 spiro atoms. The van der Waals surface area contributed by atoms with Crippen molar-refractivity contribution in [3.63, 3.8) is 0 Å². The molecule has 0 saturated carbocycles. The van der Waals surface area contributed by atoms with Crippen LogP contribution in [0.4, 0.5) is 4.39 Å². The summed E-state index contributed by atoms with van der Waals surface area (Å²) in [4.78, 5) is 16.6. The van der Waals surface area contributed by atoms with E-state index >= 15 is 0 Å². The molecule has 1 aromatic carbocycles. The van der Waals surface area contributed by atoms with Crippen LogP contribution in [-0.2, 0) is 11.2 Å². The van der Waals surface area contributed by atoms with Crippen molar-refractivity contribution in [2.24, 2.45) is 0 Å². The number of benzene rings is 1. The molecule has 0 unspecified atom stereocenters. The van der Waals surface area contributed by atoms with Crippen LogP contribution in [0.3, 0.4) is 0 Å². The number of fused-ring (bicyclic) bond motifs is 1. The summed E-state index contributed by atoms with van der Waals surface area (Å²) in [5.41, 5.74) is 1.78. The van der Waals surface area contributed by atoms with Crippen molar-refractivity contribution in [2.45, 2.75) is 19.4 Å². The summed E-state index contributed by atoms with van der Waals surface area (Å²) in [6.45, 7) is 2.11. The molecule has 0 bridgehead atoms. The molecule has 7 heteroatoms. The quantitative estimate of drug-likeness (QED) is 0.683. The van der Waals surface area contributed by atoms with Crippen molar-refractivity contribution in [1.82, 2.24) is 14.7 Å². The standard InChI is InChI=1S/C18H17BrFN3O2/c1-12(25-16-6-5-13(20)10-15(16)19)18(24)21-8-7-14-11-23-9-3-2-4-17(23)22-14/h2-6,9-12H,7-8H2,1H3,(H,21,24)/t12-/m1/s1. The molecule has 0 saturated heterocycles. The first-order valence-electron chi connectivity index (χ1n) is 7.85. The lowest BCUT2D eigenvalue weighted by Gasteiger charge is -2.15. The van der Waals surface area contributed by atoms with E-state index in [1.165, 1.54) is 18.2 Å². The van der Waals surface area contributed by atoms with Gasteiger partial charge in [0.15, 0.2) is 6.10 Å². The van der Waals surface area contributed by atoms with Crippen LogP contribution < -0.4 is 10.1 Å². The lowest BCUT2D eigenvalue weighted by molar-refractivity contribution is -0.127. The third kappa shape index (κ3) is 4.36. The minimum Gasteiger partial charge on any atom is -0.480 e. The van der Waals surface area contributed by atoms with E-state index in [9.17, 15) is 9.18 Å². The van der Waals surface area contributed by atoms with Gasteiger partial charge in [0.25, 0.3) is 5.91 Å². The number of amides is 1. The van der Waals surface area contributed by atoms with E-state index in [-0.39, 0.29) is 11.7 Å². The third-order valence-electron chi connectivity index (χ3n) is 3.66. The maximum atomic E-state index is 13.1. The zero-order valence-electron chi connectivity index (χ0n) is 13.6. The van der Waals surface area contributed by atoms with E-state index in [0.717, 1.165) is 11.3 Å². The van der Waals surface area contributed by atoms with Crippen LogP contribution in [0.1, 0.15) is 12.6 Å². The Morgan fingerprint density at radius 3 is 3.00 bits per heavy atom. The van der Waals surface area contributed by atoms with Gasteiger partial charge in [0, 0.05) is 25.4 Å². The third-order valence-corrected chi connectivity index (χ3v) is 4.28. The number of pyridine rings is 1. The molecule has 25 heavy (non-hydrogen) atoms. The molecule has 3 aromatic rings. The van der Waals surface area contributed by atoms with Crippen molar-refractivity contribution in [3.05, 3.63) is 64.8 Å². The molecule has 0 aliphatic rings. The Morgan fingerprint density at radius 2 is 2.24 bits per heavy atom. The van der Waals surface area contributed by atoms with Crippen LogP contribution >= 0.6 is 15.9 Å². The summed E-state index contributed by atoms with van der Waals surface area (Å²) in [6.07, 6.45) is 3.81. The SMILES string of the molecule is C[C@@H](Oc1ccc(F)cc1Br)C(=O)NCCc1cn2ccccc2n1. The van der Waals surface area contributed by atoms with Gasteiger partial charge in [-0.25, -0.2) is 9.37 Å². The monoisotopic (exact) mass is 405 g/mol. The summed E-state index contributed by atoms with van der Waals surface area (Å²) in [6, 6.07) is 9.86. The fourth-order valence-electron chi connectivity index (χ4n) is 2.38. The second-order valence-electron chi connectivity index (χ2n) is 5.57. The number of nitrogens with zero attached hydrogens (tertiary/aromatic N) is 2. The van der Waals surface area contributed by atoms with E-state index in [2.05, 4.69) is 26.2 Å². The van der Waals surface area contributed by atoms with Crippen LogP contribution in [-0.4, -0.2) is 27.9 Å². The van der Waals surface area contributed by atoms with Gasteiger partial charge in [-0.3, -0.25) is 4.79 Å². The van der Waals surface area contributed by atoms with Gasteiger partial charge in [-0.15, -0.1) is 0 Å². The van der Waals surface area contributed by atoms with Gasteiger partial charge in [0.05, 0.1) is 10.2 Å². The Hall–Kier alpha value is -2.41. The van der Waals surface area contributed by atoms with Gasteiger partial charge in [0.2, 0.25) is 0 Å². The number of hydrogen-bond donors (Lipinski definition) is 1. The number of imidazole rings is 1. The zero-order chi connectivity index (χ0) is 17.8. The van der Waals surface area contributed by atoms with Crippen molar-refractivity contribution in [2.75, 3.05) is 6.54 Å². The summed E-state index contributed by atoms with van der Waals surface area (Å²) >= 11 is 3.22. The van der Waals surface area contributed by atoms with Gasteiger partial charge in [0.1, 0.15) is 17.2 Å².